The summed E-state index contributed by atoms with van der Waals surface area (Å²) in [4.78, 5) is 38.3. The second kappa shape index (κ2) is 63.9. The van der Waals surface area contributed by atoms with Gasteiger partial charge in [-0.15, -0.1) is 0 Å². The SMILES string of the molecule is CCCCC/C=C\C/C=C\C/C=C\C/C=C\CCCC(=O)OC(COC(=O)CCCCCCCCCCCCCCCCCCCCC)COC(=O)CCCCCCCCCCCCCCCCCCCCCCC. The summed E-state index contributed by atoms with van der Waals surface area (Å²) in [5, 5.41) is 0. The minimum atomic E-state index is -0.799. The van der Waals surface area contributed by atoms with E-state index in [0.29, 0.717) is 19.3 Å². The molecule has 0 rings (SSSR count). The number of carbonyl (C=O) groups is 3. The minimum Gasteiger partial charge on any atom is -0.462 e. The molecule has 1 atom stereocenters. The zero-order valence-electron chi connectivity index (χ0n) is 50.3. The summed E-state index contributed by atoms with van der Waals surface area (Å²) in [5.74, 6) is -0.921. The third-order valence-corrected chi connectivity index (χ3v) is 14.8. The van der Waals surface area contributed by atoms with Crippen molar-refractivity contribution in [3.63, 3.8) is 0 Å². The van der Waals surface area contributed by atoms with E-state index in [-0.39, 0.29) is 37.5 Å². The predicted molar refractivity (Wildman–Crippen MR) is 325 cm³/mol. The highest BCUT2D eigenvalue weighted by Crippen LogP contribution is 2.18. The molecule has 0 saturated heterocycles. The zero-order valence-corrected chi connectivity index (χ0v) is 50.3. The molecule has 1 unspecified atom stereocenters. The molecule has 0 N–H and O–H groups in total. The predicted octanol–water partition coefficient (Wildman–Crippen LogP) is 22.6. The molecule has 0 bridgehead atoms. The smallest absolute Gasteiger partial charge is 0.306 e. The van der Waals surface area contributed by atoms with Gasteiger partial charge in [-0.1, -0.05) is 326 Å². The second-order valence-corrected chi connectivity index (χ2v) is 22.4. The van der Waals surface area contributed by atoms with E-state index in [0.717, 1.165) is 64.2 Å². The molecule has 0 saturated carbocycles. The summed E-state index contributed by atoms with van der Waals surface area (Å²) in [6.07, 6.45) is 79.9. The summed E-state index contributed by atoms with van der Waals surface area (Å²) < 4.78 is 16.9. The van der Waals surface area contributed by atoms with Crippen molar-refractivity contribution < 1.29 is 28.6 Å². The van der Waals surface area contributed by atoms with E-state index in [4.69, 9.17) is 14.2 Å². The van der Waals surface area contributed by atoms with Crippen molar-refractivity contribution in [3.8, 4) is 0 Å². The van der Waals surface area contributed by atoms with Crippen molar-refractivity contribution in [2.75, 3.05) is 13.2 Å². The highest BCUT2D eigenvalue weighted by atomic mass is 16.6. The number of unbranched alkanes of at least 4 members (excludes halogenated alkanes) is 42. The van der Waals surface area contributed by atoms with E-state index >= 15 is 0 Å². The van der Waals surface area contributed by atoms with Crippen LogP contribution in [0.25, 0.3) is 0 Å². The molecule has 0 spiro atoms. The molecular formula is C69H126O6. The zero-order chi connectivity index (χ0) is 54.3. The molecule has 0 fully saturated rings. The fraction of sp³-hybridized carbons (Fsp3) is 0.841. The highest BCUT2D eigenvalue weighted by molar-refractivity contribution is 5.71. The van der Waals surface area contributed by atoms with Crippen molar-refractivity contribution in [2.45, 2.75) is 361 Å². The van der Waals surface area contributed by atoms with Crippen LogP contribution in [0.1, 0.15) is 355 Å². The average molecular weight is 1050 g/mol. The van der Waals surface area contributed by atoms with Gasteiger partial charge in [0, 0.05) is 19.3 Å². The number of hydrogen-bond acceptors (Lipinski definition) is 6. The first kappa shape index (κ1) is 72.4. The van der Waals surface area contributed by atoms with Gasteiger partial charge in [0.05, 0.1) is 0 Å². The van der Waals surface area contributed by atoms with Crippen molar-refractivity contribution in [2.24, 2.45) is 0 Å². The number of esters is 3. The van der Waals surface area contributed by atoms with Crippen LogP contribution in [0.2, 0.25) is 0 Å². The first-order chi connectivity index (χ1) is 37.0. The Morgan fingerprint density at radius 1 is 0.267 bits per heavy atom. The van der Waals surface area contributed by atoms with Gasteiger partial charge in [-0.25, -0.2) is 0 Å². The molecule has 0 aromatic heterocycles. The van der Waals surface area contributed by atoms with Crippen LogP contribution in [0.5, 0.6) is 0 Å². The first-order valence-electron chi connectivity index (χ1n) is 33.1. The summed E-state index contributed by atoms with van der Waals surface area (Å²) >= 11 is 0. The molecule has 0 heterocycles. The van der Waals surface area contributed by atoms with Crippen LogP contribution in [0.3, 0.4) is 0 Å². The van der Waals surface area contributed by atoms with Crippen LogP contribution in [-0.2, 0) is 28.6 Å². The number of carbonyl (C=O) groups excluding carboxylic acids is 3. The highest BCUT2D eigenvalue weighted by Gasteiger charge is 2.19. The van der Waals surface area contributed by atoms with Crippen LogP contribution >= 0.6 is 0 Å². The lowest BCUT2D eigenvalue weighted by Gasteiger charge is -2.18. The van der Waals surface area contributed by atoms with Gasteiger partial charge in [0.2, 0.25) is 0 Å². The van der Waals surface area contributed by atoms with Crippen molar-refractivity contribution >= 4 is 17.9 Å². The molecule has 0 aromatic carbocycles. The minimum absolute atomic E-state index is 0.0897. The largest absolute Gasteiger partial charge is 0.462 e. The molecule has 0 amide bonds. The fourth-order valence-electron chi connectivity index (χ4n) is 9.85. The first-order valence-corrected chi connectivity index (χ1v) is 33.1. The molecule has 0 aromatic rings. The number of allylic oxidation sites excluding steroid dienone is 8. The van der Waals surface area contributed by atoms with Gasteiger partial charge in [-0.3, -0.25) is 14.4 Å². The van der Waals surface area contributed by atoms with E-state index < -0.39 is 6.10 Å². The fourth-order valence-corrected chi connectivity index (χ4v) is 9.85. The summed E-state index contributed by atoms with van der Waals surface area (Å²) in [6, 6.07) is 0. The Morgan fingerprint density at radius 2 is 0.493 bits per heavy atom. The van der Waals surface area contributed by atoms with Gasteiger partial charge in [0.1, 0.15) is 13.2 Å². The molecular weight excluding hydrogens is 925 g/mol. The van der Waals surface area contributed by atoms with Crippen LogP contribution in [0, 0.1) is 0 Å². The Balaban J connectivity index is 4.37. The molecule has 6 heteroatoms. The van der Waals surface area contributed by atoms with E-state index in [1.807, 2.05) is 0 Å². The monoisotopic (exact) mass is 1050 g/mol. The molecule has 0 radical (unpaired) electrons. The maximum atomic E-state index is 12.9. The van der Waals surface area contributed by atoms with Gasteiger partial charge >= 0.3 is 17.9 Å². The summed E-state index contributed by atoms with van der Waals surface area (Å²) in [5.41, 5.74) is 0. The Hall–Kier alpha value is -2.63. The Labute approximate surface area is 467 Å². The van der Waals surface area contributed by atoms with Crippen molar-refractivity contribution in [3.05, 3.63) is 48.6 Å². The van der Waals surface area contributed by atoms with Gasteiger partial charge < -0.3 is 14.2 Å². The maximum Gasteiger partial charge on any atom is 0.306 e. The molecule has 438 valence electrons. The van der Waals surface area contributed by atoms with E-state index in [9.17, 15) is 14.4 Å². The second-order valence-electron chi connectivity index (χ2n) is 22.4. The number of hydrogen-bond donors (Lipinski definition) is 0. The normalized spacial score (nSPS) is 12.3. The van der Waals surface area contributed by atoms with Crippen molar-refractivity contribution in [1.29, 1.82) is 0 Å². The molecule has 0 aliphatic rings. The number of ether oxygens (including phenoxy) is 3. The van der Waals surface area contributed by atoms with Gasteiger partial charge in [0.25, 0.3) is 0 Å². The van der Waals surface area contributed by atoms with Crippen molar-refractivity contribution in [1.82, 2.24) is 0 Å². The Kier molecular flexibility index (Phi) is 61.7. The summed E-state index contributed by atoms with van der Waals surface area (Å²) in [7, 11) is 0. The van der Waals surface area contributed by atoms with Gasteiger partial charge in [-0.2, -0.15) is 0 Å². The topological polar surface area (TPSA) is 78.9 Å². The molecule has 75 heavy (non-hydrogen) atoms. The lowest BCUT2D eigenvalue weighted by Crippen LogP contribution is -2.30. The quantitative estimate of drug-likeness (QED) is 0.0261. The number of rotatable bonds is 61. The third kappa shape index (κ3) is 62.1. The van der Waals surface area contributed by atoms with Crippen LogP contribution < -0.4 is 0 Å². The maximum absolute atomic E-state index is 12.9. The third-order valence-electron chi connectivity index (χ3n) is 14.8. The van der Waals surface area contributed by atoms with Gasteiger partial charge in [-0.05, 0) is 57.8 Å². The van der Waals surface area contributed by atoms with E-state index in [1.165, 1.54) is 244 Å². The van der Waals surface area contributed by atoms with Crippen LogP contribution in [-0.4, -0.2) is 37.2 Å². The van der Waals surface area contributed by atoms with Crippen LogP contribution in [0.15, 0.2) is 48.6 Å². The van der Waals surface area contributed by atoms with E-state index in [1.54, 1.807) is 0 Å². The van der Waals surface area contributed by atoms with Crippen LogP contribution in [0.4, 0.5) is 0 Å². The summed E-state index contributed by atoms with van der Waals surface area (Å²) in [6.45, 7) is 6.64. The molecule has 0 aliphatic heterocycles. The lowest BCUT2D eigenvalue weighted by atomic mass is 10.0. The Bertz CT molecular complexity index is 1300. The van der Waals surface area contributed by atoms with E-state index in [2.05, 4.69) is 69.4 Å². The average Bonchev–Trinajstić information content (AvgIpc) is 3.41. The Morgan fingerprint density at radius 3 is 0.787 bits per heavy atom. The van der Waals surface area contributed by atoms with Gasteiger partial charge in [0.15, 0.2) is 6.10 Å². The standard InChI is InChI=1S/C69H126O6/c1-4-7-10-13-16-19-22-25-28-31-33-34-36-39-41-44-47-50-53-56-59-62-68(71)74-65-66(75-69(72)63-60-57-54-51-48-45-42-37-30-27-24-21-18-15-12-9-6-3)64-73-67(70)61-58-55-52-49-46-43-40-38-35-32-29-26-23-20-17-14-11-8-5-2/h18,21,27,30,42,45,51,54,66H,4-17,19-20,22-26,28-29,31-41,43-44,46-50,52-53,55-65H2,1-3H3/b21-18-,30-27-,45-42-,54-51-. The molecule has 6 nitrogen and oxygen atoms in total. The lowest BCUT2D eigenvalue weighted by molar-refractivity contribution is -0.167. The molecule has 0 aliphatic carbocycles.